The zero-order valence-electron chi connectivity index (χ0n) is 11.4. The van der Waals surface area contributed by atoms with Gasteiger partial charge in [0.15, 0.2) is 5.82 Å². The average Bonchev–Trinajstić information content (AvgIpc) is 2.39. The highest BCUT2D eigenvalue weighted by atomic mass is 35.5. The summed E-state index contributed by atoms with van der Waals surface area (Å²) in [7, 11) is 3.64. The lowest BCUT2D eigenvalue weighted by molar-refractivity contribution is 0.0576. The van der Waals surface area contributed by atoms with Gasteiger partial charge in [-0.1, -0.05) is 11.6 Å². The third-order valence-corrected chi connectivity index (χ3v) is 3.37. The minimum Gasteiger partial charge on any atom is -0.381 e. The van der Waals surface area contributed by atoms with Crippen LogP contribution in [0.25, 0.3) is 0 Å². The van der Waals surface area contributed by atoms with Crippen LogP contribution in [0.2, 0.25) is 5.15 Å². The smallest absolute Gasteiger partial charge is 0.158 e. The highest BCUT2D eigenvalue weighted by Crippen LogP contribution is 2.20. The fourth-order valence-electron chi connectivity index (χ4n) is 2.27. The summed E-state index contributed by atoms with van der Waals surface area (Å²) in [6, 6.07) is 1.78. The maximum absolute atomic E-state index is 6.01. The molecular formula is C13H20ClN3O2. The van der Waals surface area contributed by atoms with Gasteiger partial charge in [-0.3, -0.25) is 0 Å². The Balaban J connectivity index is 2.02. The Morgan fingerprint density at radius 1 is 1.53 bits per heavy atom. The van der Waals surface area contributed by atoms with Gasteiger partial charge in [-0.15, -0.1) is 0 Å². The van der Waals surface area contributed by atoms with Crippen LogP contribution in [0.1, 0.15) is 18.7 Å². The van der Waals surface area contributed by atoms with E-state index >= 15 is 0 Å². The fraction of sp³-hybridized carbons (Fsp3) is 0.692. The molecule has 1 atom stereocenters. The van der Waals surface area contributed by atoms with Gasteiger partial charge >= 0.3 is 0 Å². The van der Waals surface area contributed by atoms with Crippen molar-refractivity contribution in [1.82, 2.24) is 9.97 Å². The molecule has 1 saturated heterocycles. The zero-order valence-corrected chi connectivity index (χ0v) is 12.2. The summed E-state index contributed by atoms with van der Waals surface area (Å²) in [5.41, 5.74) is 0. The molecule has 2 rings (SSSR count). The lowest BCUT2D eigenvalue weighted by Gasteiger charge is -2.27. The SMILES string of the molecule is COCc1nc(Cl)cc(N(C)CC2CCCOC2)n1. The Hall–Kier alpha value is -0.910. The normalized spacial score (nSPS) is 19.4. The van der Waals surface area contributed by atoms with E-state index in [1.165, 1.54) is 6.42 Å². The van der Waals surface area contributed by atoms with Gasteiger partial charge in [0, 0.05) is 33.4 Å². The summed E-state index contributed by atoms with van der Waals surface area (Å²) >= 11 is 6.01. The van der Waals surface area contributed by atoms with Crippen LogP contribution < -0.4 is 4.90 Å². The van der Waals surface area contributed by atoms with Gasteiger partial charge in [-0.05, 0) is 18.8 Å². The van der Waals surface area contributed by atoms with Crippen LogP contribution in [0, 0.1) is 5.92 Å². The average molecular weight is 286 g/mol. The maximum Gasteiger partial charge on any atom is 0.158 e. The Bertz CT molecular complexity index is 411. The summed E-state index contributed by atoms with van der Waals surface area (Å²) in [5, 5.41) is 0.448. The highest BCUT2D eigenvalue weighted by molar-refractivity contribution is 6.29. The van der Waals surface area contributed by atoms with Crippen LogP contribution in [-0.4, -0.2) is 43.9 Å². The van der Waals surface area contributed by atoms with Crippen molar-refractivity contribution in [3.05, 3.63) is 17.0 Å². The van der Waals surface area contributed by atoms with Crippen LogP contribution in [0.15, 0.2) is 6.07 Å². The molecule has 0 amide bonds. The van der Waals surface area contributed by atoms with Gasteiger partial charge in [0.2, 0.25) is 0 Å². The Morgan fingerprint density at radius 3 is 3.05 bits per heavy atom. The van der Waals surface area contributed by atoms with E-state index in [2.05, 4.69) is 14.9 Å². The molecule has 6 heteroatoms. The molecule has 2 heterocycles. The van der Waals surface area contributed by atoms with Crippen LogP contribution in [0.4, 0.5) is 5.82 Å². The van der Waals surface area contributed by atoms with Crippen LogP contribution >= 0.6 is 11.6 Å². The predicted molar refractivity (Wildman–Crippen MR) is 74.6 cm³/mol. The Morgan fingerprint density at radius 2 is 2.37 bits per heavy atom. The van der Waals surface area contributed by atoms with Crippen molar-refractivity contribution < 1.29 is 9.47 Å². The minimum atomic E-state index is 0.369. The molecule has 0 aromatic carbocycles. The molecular weight excluding hydrogens is 266 g/mol. The first kappa shape index (κ1) is 14.5. The topological polar surface area (TPSA) is 47.5 Å². The van der Waals surface area contributed by atoms with Crippen molar-refractivity contribution >= 4 is 17.4 Å². The summed E-state index contributed by atoms with van der Waals surface area (Å²) < 4.78 is 10.5. The monoisotopic (exact) mass is 285 g/mol. The molecule has 5 nitrogen and oxygen atoms in total. The predicted octanol–water partition coefficient (Wildman–Crippen LogP) is 2.14. The van der Waals surface area contributed by atoms with E-state index in [4.69, 9.17) is 21.1 Å². The number of hydrogen-bond donors (Lipinski definition) is 0. The summed E-state index contributed by atoms with van der Waals surface area (Å²) in [6.45, 7) is 3.00. The number of hydrogen-bond acceptors (Lipinski definition) is 5. The van der Waals surface area contributed by atoms with Crippen molar-refractivity contribution in [2.24, 2.45) is 5.92 Å². The molecule has 0 spiro atoms. The van der Waals surface area contributed by atoms with E-state index in [0.717, 1.165) is 32.0 Å². The van der Waals surface area contributed by atoms with Gasteiger partial charge in [-0.2, -0.15) is 0 Å². The first-order valence-corrected chi connectivity index (χ1v) is 6.88. The number of nitrogens with zero attached hydrogens (tertiary/aromatic N) is 3. The van der Waals surface area contributed by atoms with Gasteiger partial charge in [0.1, 0.15) is 17.6 Å². The van der Waals surface area contributed by atoms with Crippen molar-refractivity contribution in [1.29, 1.82) is 0 Å². The summed E-state index contributed by atoms with van der Waals surface area (Å²) in [5.74, 6) is 1.99. The molecule has 1 aromatic heterocycles. The molecule has 106 valence electrons. The van der Waals surface area contributed by atoms with Crippen molar-refractivity contribution in [3.8, 4) is 0 Å². The molecule has 0 saturated carbocycles. The minimum absolute atomic E-state index is 0.369. The van der Waals surface area contributed by atoms with Crippen LogP contribution in [0.5, 0.6) is 0 Å². The molecule has 19 heavy (non-hydrogen) atoms. The second-order valence-electron chi connectivity index (χ2n) is 4.86. The Kier molecular flexibility index (Phi) is 5.36. The van der Waals surface area contributed by atoms with E-state index in [1.54, 1.807) is 13.2 Å². The first-order chi connectivity index (χ1) is 9.19. The Labute approximate surface area is 118 Å². The maximum atomic E-state index is 6.01. The number of anilines is 1. The number of methoxy groups -OCH3 is 1. The zero-order chi connectivity index (χ0) is 13.7. The molecule has 1 aliphatic rings. The van der Waals surface area contributed by atoms with Gasteiger partial charge in [-0.25, -0.2) is 9.97 Å². The van der Waals surface area contributed by atoms with Gasteiger partial charge < -0.3 is 14.4 Å². The molecule has 0 aliphatic carbocycles. The van der Waals surface area contributed by atoms with Gasteiger partial charge in [0.05, 0.1) is 6.61 Å². The third kappa shape index (κ3) is 4.30. The molecule has 1 unspecified atom stereocenters. The molecule has 0 N–H and O–H groups in total. The lowest BCUT2D eigenvalue weighted by atomic mass is 10.0. The van der Waals surface area contributed by atoms with E-state index in [1.807, 2.05) is 7.05 Å². The number of aromatic nitrogens is 2. The van der Waals surface area contributed by atoms with E-state index in [9.17, 15) is 0 Å². The van der Waals surface area contributed by atoms with Crippen molar-refractivity contribution in [2.75, 3.05) is 38.8 Å². The van der Waals surface area contributed by atoms with Gasteiger partial charge in [0.25, 0.3) is 0 Å². The largest absolute Gasteiger partial charge is 0.381 e. The third-order valence-electron chi connectivity index (χ3n) is 3.18. The second kappa shape index (κ2) is 7.03. The van der Waals surface area contributed by atoms with E-state index in [-0.39, 0.29) is 0 Å². The molecule has 1 fully saturated rings. The number of ether oxygens (including phenoxy) is 2. The standard InChI is InChI=1S/C13H20ClN3O2/c1-17(7-10-4-3-5-19-8-10)13-6-11(14)15-12(16-13)9-18-2/h6,10H,3-5,7-9H2,1-2H3. The summed E-state index contributed by atoms with van der Waals surface area (Å²) in [6.07, 6.45) is 2.34. The highest BCUT2D eigenvalue weighted by Gasteiger charge is 2.17. The number of rotatable bonds is 5. The van der Waals surface area contributed by atoms with Crippen molar-refractivity contribution in [3.63, 3.8) is 0 Å². The molecule has 1 aromatic rings. The van der Waals surface area contributed by atoms with Crippen LogP contribution in [-0.2, 0) is 16.1 Å². The molecule has 0 radical (unpaired) electrons. The second-order valence-corrected chi connectivity index (χ2v) is 5.25. The summed E-state index contributed by atoms with van der Waals surface area (Å²) in [4.78, 5) is 10.7. The van der Waals surface area contributed by atoms with Crippen molar-refractivity contribution in [2.45, 2.75) is 19.4 Å². The first-order valence-electron chi connectivity index (χ1n) is 6.50. The quantitative estimate of drug-likeness (QED) is 0.776. The molecule has 1 aliphatic heterocycles. The lowest BCUT2D eigenvalue weighted by Crippen LogP contribution is -2.31. The molecule has 0 bridgehead atoms. The van der Waals surface area contributed by atoms with E-state index in [0.29, 0.717) is 23.5 Å². The fourth-order valence-corrected chi connectivity index (χ4v) is 2.47. The number of halogens is 1. The van der Waals surface area contributed by atoms with Crippen LogP contribution in [0.3, 0.4) is 0 Å². The van der Waals surface area contributed by atoms with E-state index < -0.39 is 0 Å².